The van der Waals surface area contributed by atoms with E-state index in [1.165, 1.54) is 24.3 Å². The largest absolute Gasteiger partial charge is 0.573 e. The highest BCUT2D eigenvalue weighted by Gasteiger charge is 2.31. The summed E-state index contributed by atoms with van der Waals surface area (Å²) >= 11 is 0. The first-order valence-electron chi connectivity index (χ1n) is 9.80. The molecule has 0 aliphatic heterocycles. The number of aryl methyl sites for hydroxylation is 1. The SMILES string of the molecule is Cc1nc(-c2nc(-c3ccc(OC(F)(F)F)cc3)no2)nn1Cc1ccc2ccccc2n1. The molecule has 3 heterocycles. The number of fused-ring (bicyclic) bond motifs is 1. The highest BCUT2D eigenvalue weighted by molar-refractivity contribution is 5.78. The summed E-state index contributed by atoms with van der Waals surface area (Å²) in [5.74, 6) is 0.813. The Morgan fingerprint density at radius 2 is 1.70 bits per heavy atom. The lowest BCUT2D eigenvalue weighted by molar-refractivity contribution is -0.274. The Kier molecular flexibility index (Phi) is 5.00. The quantitative estimate of drug-likeness (QED) is 0.378. The van der Waals surface area contributed by atoms with Crippen LogP contribution in [-0.2, 0) is 6.54 Å². The molecule has 0 saturated heterocycles. The molecule has 0 amide bonds. The molecule has 11 heteroatoms. The predicted molar refractivity (Wildman–Crippen MR) is 111 cm³/mol. The molecule has 0 bridgehead atoms. The van der Waals surface area contributed by atoms with E-state index in [0.717, 1.165) is 16.6 Å². The number of nitrogens with zero attached hydrogens (tertiary/aromatic N) is 6. The van der Waals surface area contributed by atoms with Gasteiger partial charge in [-0.3, -0.25) is 4.98 Å². The molecular formula is C22H15F3N6O2. The predicted octanol–water partition coefficient (Wildman–Crippen LogP) is 4.80. The third-order valence-electron chi connectivity index (χ3n) is 4.79. The monoisotopic (exact) mass is 452 g/mol. The first-order valence-corrected chi connectivity index (χ1v) is 9.80. The second-order valence-corrected chi connectivity index (χ2v) is 7.13. The van der Waals surface area contributed by atoms with E-state index >= 15 is 0 Å². The van der Waals surface area contributed by atoms with Gasteiger partial charge in [0, 0.05) is 10.9 Å². The highest BCUT2D eigenvalue weighted by atomic mass is 19.4. The van der Waals surface area contributed by atoms with Gasteiger partial charge in [-0.15, -0.1) is 18.3 Å². The van der Waals surface area contributed by atoms with Crippen molar-refractivity contribution in [1.82, 2.24) is 29.9 Å². The molecule has 5 rings (SSSR count). The zero-order chi connectivity index (χ0) is 23.0. The van der Waals surface area contributed by atoms with E-state index in [2.05, 4.69) is 29.9 Å². The van der Waals surface area contributed by atoms with Crippen LogP contribution in [0, 0.1) is 6.92 Å². The minimum absolute atomic E-state index is 0.0916. The lowest BCUT2D eigenvalue weighted by Crippen LogP contribution is -2.16. The first kappa shape index (κ1) is 20.6. The number of rotatable bonds is 5. The molecule has 0 N–H and O–H groups in total. The molecule has 0 fully saturated rings. The molecule has 0 unspecified atom stereocenters. The molecule has 166 valence electrons. The number of ether oxygens (including phenoxy) is 1. The normalized spacial score (nSPS) is 11.8. The molecule has 0 aliphatic carbocycles. The van der Waals surface area contributed by atoms with E-state index in [9.17, 15) is 13.2 Å². The van der Waals surface area contributed by atoms with Crippen LogP contribution in [0.3, 0.4) is 0 Å². The van der Waals surface area contributed by atoms with Crippen LogP contribution in [0.15, 0.2) is 65.2 Å². The van der Waals surface area contributed by atoms with Crippen LogP contribution in [0.2, 0.25) is 0 Å². The van der Waals surface area contributed by atoms with Crippen LogP contribution in [0.25, 0.3) is 34.0 Å². The van der Waals surface area contributed by atoms with E-state index in [4.69, 9.17) is 4.52 Å². The second kappa shape index (κ2) is 8.01. The number of hydrogen-bond acceptors (Lipinski definition) is 7. The van der Waals surface area contributed by atoms with Crippen molar-refractivity contribution in [2.45, 2.75) is 19.8 Å². The maximum absolute atomic E-state index is 12.3. The molecule has 0 atom stereocenters. The molecule has 2 aromatic carbocycles. The zero-order valence-corrected chi connectivity index (χ0v) is 17.1. The van der Waals surface area contributed by atoms with Gasteiger partial charge in [0.25, 0.3) is 5.89 Å². The van der Waals surface area contributed by atoms with Gasteiger partial charge in [-0.25, -0.2) is 9.67 Å². The van der Waals surface area contributed by atoms with Gasteiger partial charge in [0.15, 0.2) is 0 Å². The zero-order valence-electron chi connectivity index (χ0n) is 17.1. The number of aromatic nitrogens is 6. The van der Waals surface area contributed by atoms with Crippen LogP contribution >= 0.6 is 0 Å². The summed E-state index contributed by atoms with van der Waals surface area (Å²) in [5, 5.41) is 9.36. The summed E-state index contributed by atoms with van der Waals surface area (Å²) in [5.41, 5.74) is 2.16. The van der Waals surface area contributed by atoms with Gasteiger partial charge < -0.3 is 9.26 Å². The third-order valence-corrected chi connectivity index (χ3v) is 4.79. The summed E-state index contributed by atoms with van der Waals surface area (Å²) in [6.07, 6.45) is -4.76. The van der Waals surface area contributed by atoms with Crippen molar-refractivity contribution in [3.63, 3.8) is 0 Å². The maximum atomic E-state index is 12.3. The number of halogens is 3. The number of pyridine rings is 1. The van der Waals surface area contributed by atoms with Crippen LogP contribution in [0.1, 0.15) is 11.5 Å². The number of hydrogen-bond donors (Lipinski definition) is 0. The molecule has 5 aromatic rings. The van der Waals surface area contributed by atoms with Crippen LogP contribution in [0.5, 0.6) is 5.75 Å². The molecule has 0 spiro atoms. The molecule has 3 aromatic heterocycles. The molecule has 0 radical (unpaired) electrons. The van der Waals surface area contributed by atoms with Gasteiger partial charge in [-0.05, 0) is 43.3 Å². The summed E-state index contributed by atoms with van der Waals surface area (Å²) in [6.45, 7) is 2.21. The van der Waals surface area contributed by atoms with Gasteiger partial charge in [0.05, 0.1) is 17.8 Å². The average molecular weight is 452 g/mol. The minimum Gasteiger partial charge on any atom is -0.406 e. The van der Waals surface area contributed by atoms with E-state index in [1.807, 2.05) is 36.4 Å². The summed E-state index contributed by atoms with van der Waals surface area (Å²) < 4.78 is 47.8. The smallest absolute Gasteiger partial charge is 0.406 e. The van der Waals surface area contributed by atoms with Crippen molar-refractivity contribution in [3.05, 3.63) is 72.2 Å². The van der Waals surface area contributed by atoms with E-state index in [-0.39, 0.29) is 23.3 Å². The van der Waals surface area contributed by atoms with Crippen molar-refractivity contribution in [2.75, 3.05) is 0 Å². The Morgan fingerprint density at radius 1 is 0.909 bits per heavy atom. The standard InChI is InChI=1S/C22H15F3N6O2/c1-13-26-20(29-31(13)12-16-9-6-14-4-2-3-5-18(14)27-16)21-28-19(30-33-21)15-7-10-17(11-8-15)32-22(23,24)25/h2-11H,12H2,1H3. The summed E-state index contributed by atoms with van der Waals surface area (Å²) in [4.78, 5) is 13.3. The number of benzene rings is 2. The molecule has 0 saturated carbocycles. The second-order valence-electron chi connectivity index (χ2n) is 7.13. The highest BCUT2D eigenvalue weighted by Crippen LogP contribution is 2.26. The first-order chi connectivity index (χ1) is 15.8. The van der Waals surface area contributed by atoms with Crippen LogP contribution < -0.4 is 4.74 Å². The van der Waals surface area contributed by atoms with Crippen molar-refractivity contribution in [2.24, 2.45) is 0 Å². The van der Waals surface area contributed by atoms with Gasteiger partial charge in [0.2, 0.25) is 11.6 Å². The van der Waals surface area contributed by atoms with Gasteiger partial charge >= 0.3 is 6.36 Å². The summed E-state index contributed by atoms with van der Waals surface area (Å²) in [6, 6.07) is 16.9. The van der Waals surface area contributed by atoms with Crippen LogP contribution in [-0.4, -0.2) is 36.3 Å². The lowest BCUT2D eigenvalue weighted by atomic mass is 10.2. The van der Waals surface area contributed by atoms with Crippen molar-refractivity contribution in [1.29, 1.82) is 0 Å². The van der Waals surface area contributed by atoms with Crippen molar-refractivity contribution >= 4 is 10.9 Å². The van der Waals surface area contributed by atoms with E-state index in [0.29, 0.717) is 17.9 Å². The molecular weight excluding hydrogens is 437 g/mol. The van der Waals surface area contributed by atoms with Gasteiger partial charge in [0.1, 0.15) is 11.6 Å². The maximum Gasteiger partial charge on any atom is 0.573 e. The molecule has 0 aliphatic rings. The van der Waals surface area contributed by atoms with Gasteiger partial charge in [-0.1, -0.05) is 29.4 Å². The number of alkyl halides is 3. The summed E-state index contributed by atoms with van der Waals surface area (Å²) in [7, 11) is 0. The molecule has 33 heavy (non-hydrogen) atoms. The Balaban J connectivity index is 1.35. The van der Waals surface area contributed by atoms with Crippen molar-refractivity contribution < 1.29 is 22.4 Å². The fraction of sp³-hybridized carbons (Fsp3) is 0.136. The fourth-order valence-electron chi connectivity index (χ4n) is 3.25. The number of para-hydroxylation sites is 1. The lowest BCUT2D eigenvalue weighted by Gasteiger charge is -2.08. The Hall–Kier alpha value is -4.28. The Labute approximate surface area is 184 Å². The van der Waals surface area contributed by atoms with Crippen LogP contribution in [0.4, 0.5) is 13.2 Å². The van der Waals surface area contributed by atoms with E-state index < -0.39 is 6.36 Å². The average Bonchev–Trinajstić information content (AvgIpc) is 3.40. The van der Waals surface area contributed by atoms with Gasteiger partial charge in [-0.2, -0.15) is 4.98 Å². The van der Waals surface area contributed by atoms with E-state index in [1.54, 1.807) is 11.6 Å². The minimum atomic E-state index is -4.76. The Morgan fingerprint density at radius 3 is 2.48 bits per heavy atom. The van der Waals surface area contributed by atoms with Crippen molar-refractivity contribution in [3.8, 4) is 28.9 Å². The topological polar surface area (TPSA) is 91.8 Å². The fourth-order valence-corrected chi connectivity index (χ4v) is 3.25. The Bertz CT molecular complexity index is 1430. The third kappa shape index (κ3) is 4.52. The molecule has 8 nitrogen and oxygen atoms in total.